The van der Waals surface area contributed by atoms with Crippen LogP contribution in [0.15, 0.2) is 12.3 Å². The highest BCUT2D eigenvalue weighted by atomic mass is 15.1. The zero-order valence-electron chi connectivity index (χ0n) is 5.96. The van der Waals surface area contributed by atoms with E-state index >= 15 is 0 Å². The number of hydrogen-bond donors (Lipinski definition) is 1. The smallest absolute Gasteiger partial charge is 0.223 e. The van der Waals surface area contributed by atoms with E-state index in [2.05, 4.69) is 28.4 Å². The second-order valence-corrected chi connectivity index (χ2v) is 1.94. The third-order valence-corrected chi connectivity index (χ3v) is 1.05. The molecule has 0 saturated carbocycles. The van der Waals surface area contributed by atoms with Crippen molar-refractivity contribution in [2.75, 3.05) is 11.9 Å². The van der Waals surface area contributed by atoms with Crippen LogP contribution in [0.3, 0.4) is 0 Å². The summed E-state index contributed by atoms with van der Waals surface area (Å²) in [4.78, 5) is 7.83. The number of nitrogens with zero attached hydrogens (tertiary/aromatic N) is 2. The molecule has 1 rings (SSSR count). The second kappa shape index (κ2) is 3.82. The summed E-state index contributed by atoms with van der Waals surface area (Å²) in [5.74, 6) is 0.657. The molecule has 0 amide bonds. The molecule has 1 aromatic heterocycles. The Balaban J connectivity index is 2.43. The van der Waals surface area contributed by atoms with E-state index in [-0.39, 0.29) is 0 Å². The van der Waals surface area contributed by atoms with Crippen LogP contribution in [0.25, 0.3) is 0 Å². The Labute approximate surface area is 60.5 Å². The van der Waals surface area contributed by atoms with Gasteiger partial charge >= 0.3 is 0 Å². The van der Waals surface area contributed by atoms with Gasteiger partial charge in [-0.25, -0.2) is 9.97 Å². The lowest BCUT2D eigenvalue weighted by Crippen LogP contribution is -2.02. The molecule has 1 aromatic rings. The van der Waals surface area contributed by atoms with Crippen molar-refractivity contribution in [1.82, 2.24) is 9.97 Å². The molecule has 1 N–H and O–H groups in total. The number of hydrogen-bond acceptors (Lipinski definition) is 3. The van der Waals surface area contributed by atoms with Crippen molar-refractivity contribution in [3.05, 3.63) is 18.5 Å². The summed E-state index contributed by atoms with van der Waals surface area (Å²) in [5, 5.41) is 3.04. The highest BCUT2D eigenvalue weighted by molar-refractivity contribution is 5.20. The van der Waals surface area contributed by atoms with Gasteiger partial charge in [0.15, 0.2) is 0 Å². The van der Waals surface area contributed by atoms with Gasteiger partial charge < -0.3 is 5.32 Å². The molecule has 0 atom stereocenters. The second-order valence-electron chi connectivity index (χ2n) is 1.94. The Morgan fingerprint density at radius 1 is 1.70 bits per heavy atom. The third-order valence-electron chi connectivity index (χ3n) is 1.05. The molecule has 1 radical (unpaired) electrons. The van der Waals surface area contributed by atoms with E-state index in [0.29, 0.717) is 5.95 Å². The Morgan fingerprint density at radius 3 is 3.20 bits per heavy atom. The van der Waals surface area contributed by atoms with Crippen LogP contribution >= 0.6 is 0 Å². The minimum atomic E-state index is 0.657. The van der Waals surface area contributed by atoms with Crippen molar-refractivity contribution >= 4 is 5.95 Å². The minimum absolute atomic E-state index is 0.657. The molecule has 0 spiro atoms. The summed E-state index contributed by atoms with van der Waals surface area (Å²) in [6.07, 6.45) is 5.45. The van der Waals surface area contributed by atoms with Gasteiger partial charge in [-0.3, -0.25) is 0 Å². The van der Waals surface area contributed by atoms with Crippen molar-refractivity contribution in [3.8, 4) is 0 Å². The lowest BCUT2D eigenvalue weighted by molar-refractivity contribution is 0.951. The van der Waals surface area contributed by atoms with Gasteiger partial charge in [0.2, 0.25) is 5.95 Å². The lowest BCUT2D eigenvalue weighted by Gasteiger charge is -1.98. The van der Waals surface area contributed by atoms with E-state index in [1.807, 2.05) is 0 Å². The highest BCUT2D eigenvalue weighted by Gasteiger charge is 1.88. The molecule has 0 aliphatic rings. The van der Waals surface area contributed by atoms with Gasteiger partial charge in [-0.05, 0) is 12.5 Å². The molecule has 0 unspecified atom stereocenters. The van der Waals surface area contributed by atoms with Crippen molar-refractivity contribution in [3.63, 3.8) is 0 Å². The average Bonchev–Trinajstić information content (AvgIpc) is 2.03. The summed E-state index contributed by atoms with van der Waals surface area (Å²) in [7, 11) is 0. The minimum Gasteiger partial charge on any atom is -0.354 e. The molecule has 0 aromatic carbocycles. The first-order valence-corrected chi connectivity index (χ1v) is 3.36. The van der Waals surface area contributed by atoms with E-state index in [0.717, 1.165) is 13.0 Å². The molecule has 0 bridgehead atoms. The van der Waals surface area contributed by atoms with E-state index in [1.165, 1.54) is 0 Å². The molecule has 10 heavy (non-hydrogen) atoms. The largest absolute Gasteiger partial charge is 0.354 e. The van der Waals surface area contributed by atoms with Crippen LogP contribution in [0, 0.1) is 6.20 Å². The summed E-state index contributed by atoms with van der Waals surface area (Å²) in [6, 6.07) is 1.68. The van der Waals surface area contributed by atoms with E-state index in [9.17, 15) is 0 Å². The van der Waals surface area contributed by atoms with Gasteiger partial charge in [0.1, 0.15) is 0 Å². The topological polar surface area (TPSA) is 37.8 Å². The fourth-order valence-corrected chi connectivity index (χ4v) is 0.590. The van der Waals surface area contributed by atoms with Gasteiger partial charge in [0.05, 0.1) is 6.20 Å². The van der Waals surface area contributed by atoms with Crippen LogP contribution in [-0.2, 0) is 0 Å². The first kappa shape index (κ1) is 6.99. The van der Waals surface area contributed by atoms with Crippen molar-refractivity contribution < 1.29 is 0 Å². The lowest BCUT2D eigenvalue weighted by atomic mass is 10.5. The molecule has 53 valence electrons. The van der Waals surface area contributed by atoms with Gasteiger partial charge in [-0.15, -0.1) is 0 Å². The molecule has 0 aliphatic heterocycles. The van der Waals surface area contributed by atoms with Crippen molar-refractivity contribution in [2.45, 2.75) is 13.3 Å². The van der Waals surface area contributed by atoms with Crippen molar-refractivity contribution in [2.24, 2.45) is 0 Å². The van der Waals surface area contributed by atoms with Gasteiger partial charge in [-0.1, -0.05) is 6.92 Å². The molecule has 0 saturated heterocycles. The van der Waals surface area contributed by atoms with Gasteiger partial charge in [0.25, 0.3) is 0 Å². The first-order valence-electron chi connectivity index (χ1n) is 3.36. The Morgan fingerprint density at radius 2 is 2.60 bits per heavy atom. The summed E-state index contributed by atoms with van der Waals surface area (Å²) in [5.41, 5.74) is 0. The molecule has 3 nitrogen and oxygen atoms in total. The van der Waals surface area contributed by atoms with Gasteiger partial charge in [-0.2, -0.15) is 0 Å². The maximum absolute atomic E-state index is 3.96. The molecule has 3 heteroatoms. The summed E-state index contributed by atoms with van der Waals surface area (Å²) < 4.78 is 0. The zero-order valence-corrected chi connectivity index (χ0v) is 5.96. The Hall–Kier alpha value is -1.12. The molecular weight excluding hydrogens is 126 g/mol. The summed E-state index contributed by atoms with van der Waals surface area (Å²) >= 11 is 0. The number of nitrogens with one attached hydrogen (secondary N) is 1. The van der Waals surface area contributed by atoms with E-state index in [1.54, 1.807) is 12.3 Å². The van der Waals surface area contributed by atoms with E-state index < -0.39 is 0 Å². The first-order chi connectivity index (χ1) is 4.93. The fourth-order valence-electron chi connectivity index (χ4n) is 0.590. The van der Waals surface area contributed by atoms with E-state index in [4.69, 9.17) is 0 Å². The standard InChI is InChI=1S/C7H10N3/c1-2-4-8-7-9-5-3-6-10-7/h3,5H,2,4H2,1H3,(H,8,9,10). The zero-order chi connectivity index (χ0) is 7.23. The molecule has 0 aliphatic carbocycles. The predicted molar refractivity (Wildman–Crippen MR) is 39.6 cm³/mol. The highest BCUT2D eigenvalue weighted by Crippen LogP contribution is 1.92. The molecular formula is C7H10N3. The number of rotatable bonds is 3. The Bertz CT molecular complexity index is 173. The Kier molecular flexibility index (Phi) is 2.67. The van der Waals surface area contributed by atoms with Crippen molar-refractivity contribution in [1.29, 1.82) is 0 Å². The SMILES string of the molecule is CCCNc1n[c]ccn1. The monoisotopic (exact) mass is 136 g/mol. The van der Waals surface area contributed by atoms with Crippen LogP contribution < -0.4 is 5.32 Å². The van der Waals surface area contributed by atoms with Crippen LogP contribution in [0.2, 0.25) is 0 Å². The third kappa shape index (κ3) is 2.01. The van der Waals surface area contributed by atoms with Crippen LogP contribution in [0.4, 0.5) is 5.95 Å². The maximum Gasteiger partial charge on any atom is 0.223 e. The van der Waals surface area contributed by atoms with Crippen LogP contribution in [0.5, 0.6) is 0 Å². The average molecular weight is 136 g/mol. The van der Waals surface area contributed by atoms with Crippen LogP contribution in [0.1, 0.15) is 13.3 Å². The number of anilines is 1. The molecule has 1 heterocycles. The maximum atomic E-state index is 3.96. The number of aromatic nitrogens is 2. The van der Waals surface area contributed by atoms with Crippen LogP contribution in [-0.4, -0.2) is 16.5 Å². The normalized spacial score (nSPS) is 9.30. The quantitative estimate of drug-likeness (QED) is 0.676. The summed E-state index contributed by atoms with van der Waals surface area (Å²) in [6.45, 7) is 3.01. The van der Waals surface area contributed by atoms with Gasteiger partial charge in [0, 0.05) is 12.7 Å². The predicted octanol–water partition coefficient (Wildman–Crippen LogP) is 1.10. The fraction of sp³-hybridized carbons (Fsp3) is 0.429. The molecule has 0 fully saturated rings.